The quantitative estimate of drug-likeness (QED) is 0.621. The summed E-state index contributed by atoms with van der Waals surface area (Å²) in [5, 5.41) is 2.81. The molecule has 0 atom stereocenters. The van der Waals surface area contributed by atoms with Gasteiger partial charge in [0.1, 0.15) is 6.54 Å². The molecule has 7 heteroatoms. The van der Waals surface area contributed by atoms with Crippen molar-refractivity contribution in [2.24, 2.45) is 0 Å². The van der Waals surface area contributed by atoms with Crippen molar-refractivity contribution in [2.75, 3.05) is 18.4 Å². The van der Waals surface area contributed by atoms with Gasteiger partial charge >= 0.3 is 5.69 Å². The number of amides is 2. The predicted octanol–water partition coefficient (Wildman–Crippen LogP) is 3.33. The number of benzene rings is 2. The summed E-state index contributed by atoms with van der Waals surface area (Å²) in [6.45, 7) is 7.72. The Morgan fingerprint density at radius 3 is 2.07 bits per heavy atom. The Labute approximate surface area is 175 Å². The van der Waals surface area contributed by atoms with Crippen molar-refractivity contribution in [1.82, 2.24) is 14.0 Å². The van der Waals surface area contributed by atoms with E-state index in [4.69, 9.17) is 0 Å². The molecule has 0 radical (unpaired) electrons. The number of hydrogen-bond donors (Lipinski definition) is 1. The standard InChI is InChI=1S/C23H28N4O3/c1-4-15-26-19-9-7-8-10-20(19)27(23(26)30)16-21(28)24-18-13-11-17(12-14-18)22(29)25(5-2)6-3/h7-14H,4-6,15-16H2,1-3H3,(H,24,28). The van der Waals surface area contributed by atoms with Gasteiger partial charge in [-0.25, -0.2) is 4.79 Å². The number of nitrogens with one attached hydrogen (secondary N) is 1. The molecule has 2 aromatic carbocycles. The van der Waals surface area contributed by atoms with Crippen LogP contribution < -0.4 is 11.0 Å². The first-order valence-corrected chi connectivity index (χ1v) is 10.4. The summed E-state index contributed by atoms with van der Waals surface area (Å²) < 4.78 is 3.20. The maximum absolute atomic E-state index is 12.8. The van der Waals surface area contributed by atoms with Crippen molar-refractivity contribution >= 4 is 28.5 Å². The Balaban J connectivity index is 1.76. The van der Waals surface area contributed by atoms with Crippen molar-refractivity contribution in [2.45, 2.75) is 40.3 Å². The number of aryl methyl sites for hydroxylation is 1. The number of anilines is 1. The Bertz CT molecular complexity index is 1090. The van der Waals surface area contributed by atoms with E-state index in [9.17, 15) is 14.4 Å². The highest BCUT2D eigenvalue weighted by Gasteiger charge is 2.16. The van der Waals surface area contributed by atoms with Gasteiger partial charge in [-0.1, -0.05) is 19.1 Å². The molecular weight excluding hydrogens is 380 g/mol. The van der Waals surface area contributed by atoms with Crippen LogP contribution in [0, 0.1) is 0 Å². The maximum atomic E-state index is 12.8. The number of hydrogen-bond acceptors (Lipinski definition) is 3. The van der Waals surface area contributed by atoms with E-state index >= 15 is 0 Å². The summed E-state index contributed by atoms with van der Waals surface area (Å²) in [5.74, 6) is -0.326. The minimum absolute atomic E-state index is 0.0341. The summed E-state index contributed by atoms with van der Waals surface area (Å²) in [7, 11) is 0. The van der Waals surface area contributed by atoms with E-state index in [0.29, 0.717) is 30.9 Å². The number of rotatable bonds is 8. The molecule has 1 N–H and O–H groups in total. The van der Waals surface area contributed by atoms with Gasteiger partial charge in [0.2, 0.25) is 5.91 Å². The lowest BCUT2D eigenvalue weighted by molar-refractivity contribution is -0.116. The van der Waals surface area contributed by atoms with E-state index in [1.165, 1.54) is 4.57 Å². The number of fused-ring (bicyclic) bond motifs is 1. The second-order valence-electron chi connectivity index (χ2n) is 7.11. The second kappa shape index (κ2) is 9.43. The van der Waals surface area contributed by atoms with E-state index in [2.05, 4.69) is 5.32 Å². The van der Waals surface area contributed by atoms with Gasteiger partial charge in [0, 0.05) is 30.9 Å². The number of para-hydroxylation sites is 2. The van der Waals surface area contributed by atoms with E-state index < -0.39 is 0 Å². The number of carbonyl (C=O) groups excluding carboxylic acids is 2. The smallest absolute Gasteiger partial charge is 0.329 e. The van der Waals surface area contributed by atoms with Crippen LogP contribution in [0.4, 0.5) is 5.69 Å². The third-order valence-electron chi connectivity index (χ3n) is 5.14. The molecule has 0 fully saturated rings. The molecule has 0 aliphatic rings. The fraction of sp³-hybridized carbons (Fsp3) is 0.348. The lowest BCUT2D eigenvalue weighted by Crippen LogP contribution is -2.30. The summed E-state index contributed by atoms with van der Waals surface area (Å²) in [6.07, 6.45) is 0.832. The molecular formula is C23H28N4O3. The summed E-state index contributed by atoms with van der Waals surface area (Å²) in [4.78, 5) is 39.6. The second-order valence-corrected chi connectivity index (χ2v) is 7.11. The average Bonchev–Trinajstić information content (AvgIpc) is 3.01. The van der Waals surface area contributed by atoms with Crippen LogP contribution in [-0.2, 0) is 17.9 Å². The highest BCUT2D eigenvalue weighted by Crippen LogP contribution is 2.15. The van der Waals surface area contributed by atoms with Gasteiger partial charge in [-0.05, 0) is 56.7 Å². The van der Waals surface area contributed by atoms with Gasteiger partial charge in [0.05, 0.1) is 11.0 Å². The van der Waals surface area contributed by atoms with Crippen molar-refractivity contribution < 1.29 is 9.59 Å². The van der Waals surface area contributed by atoms with Crippen LogP contribution in [-0.4, -0.2) is 38.9 Å². The monoisotopic (exact) mass is 408 g/mol. The van der Waals surface area contributed by atoms with Gasteiger partial charge in [-0.3, -0.25) is 18.7 Å². The molecule has 0 bridgehead atoms. The lowest BCUT2D eigenvalue weighted by atomic mass is 10.1. The third kappa shape index (κ3) is 4.30. The van der Waals surface area contributed by atoms with Crippen LogP contribution in [0.15, 0.2) is 53.3 Å². The van der Waals surface area contributed by atoms with Crippen molar-refractivity contribution in [1.29, 1.82) is 0 Å². The topological polar surface area (TPSA) is 76.3 Å². The molecule has 1 aromatic heterocycles. The van der Waals surface area contributed by atoms with Crippen molar-refractivity contribution in [3.63, 3.8) is 0 Å². The van der Waals surface area contributed by atoms with E-state index in [1.807, 2.05) is 45.0 Å². The molecule has 3 rings (SSSR count). The van der Waals surface area contributed by atoms with Crippen LogP contribution in [0.3, 0.4) is 0 Å². The third-order valence-corrected chi connectivity index (χ3v) is 5.14. The predicted molar refractivity (Wildman–Crippen MR) is 119 cm³/mol. The molecule has 0 unspecified atom stereocenters. The average molecular weight is 409 g/mol. The first-order chi connectivity index (χ1) is 14.5. The molecule has 0 spiro atoms. The molecule has 0 saturated carbocycles. The van der Waals surface area contributed by atoms with Gasteiger partial charge in [-0.2, -0.15) is 0 Å². The van der Waals surface area contributed by atoms with Crippen LogP contribution in [0.5, 0.6) is 0 Å². The molecule has 158 valence electrons. The largest absolute Gasteiger partial charge is 0.339 e. The minimum atomic E-state index is -0.292. The molecule has 0 saturated heterocycles. The Morgan fingerprint density at radius 2 is 1.50 bits per heavy atom. The normalized spacial score (nSPS) is 10.9. The Hall–Kier alpha value is -3.35. The highest BCUT2D eigenvalue weighted by molar-refractivity contribution is 5.96. The van der Waals surface area contributed by atoms with Gasteiger partial charge in [0.25, 0.3) is 5.91 Å². The van der Waals surface area contributed by atoms with E-state index in [-0.39, 0.29) is 24.0 Å². The molecule has 1 heterocycles. The van der Waals surface area contributed by atoms with Crippen LogP contribution >= 0.6 is 0 Å². The molecule has 0 aliphatic heterocycles. The highest BCUT2D eigenvalue weighted by atomic mass is 16.2. The summed E-state index contributed by atoms with van der Waals surface area (Å²) >= 11 is 0. The zero-order valence-electron chi connectivity index (χ0n) is 17.7. The first kappa shape index (κ1) is 21.4. The first-order valence-electron chi connectivity index (χ1n) is 10.4. The summed E-state index contributed by atoms with van der Waals surface area (Å²) in [5.41, 5.74) is 2.55. The fourth-order valence-corrected chi connectivity index (χ4v) is 3.60. The number of imidazole rings is 1. The zero-order valence-corrected chi connectivity index (χ0v) is 17.7. The summed E-state index contributed by atoms with van der Waals surface area (Å²) in [6, 6.07) is 14.3. The molecule has 3 aromatic rings. The number of nitrogens with zero attached hydrogens (tertiary/aromatic N) is 3. The van der Waals surface area contributed by atoms with Crippen molar-refractivity contribution in [3.05, 3.63) is 64.6 Å². The number of aromatic nitrogens is 2. The molecule has 7 nitrogen and oxygen atoms in total. The lowest BCUT2D eigenvalue weighted by Gasteiger charge is -2.18. The fourth-order valence-electron chi connectivity index (χ4n) is 3.60. The van der Waals surface area contributed by atoms with Gasteiger partial charge in [-0.15, -0.1) is 0 Å². The van der Waals surface area contributed by atoms with Crippen molar-refractivity contribution in [3.8, 4) is 0 Å². The Kier molecular flexibility index (Phi) is 6.72. The van der Waals surface area contributed by atoms with Crippen LogP contribution in [0.1, 0.15) is 37.6 Å². The minimum Gasteiger partial charge on any atom is -0.339 e. The van der Waals surface area contributed by atoms with Crippen LogP contribution in [0.2, 0.25) is 0 Å². The number of carbonyl (C=O) groups is 2. The van der Waals surface area contributed by atoms with E-state index in [0.717, 1.165) is 17.5 Å². The Morgan fingerprint density at radius 1 is 0.900 bits per heavy atom. The van der Waals surface area contributed by atoms with Gasteiger partial charge in [0.15, 0.2) is 0 Å². The molecule has 0 aliphatic carbocycles. The SMILES string of the molecule is CCCn1c(=O)n(CC(=O)Nc2ccc(C(=O)N(CC)CC)cc2)c2ccccc21. The zero-order chi connectivity index (χ0) is 21.7. The van der Waals surface area contributed by atoms with Crippen LogP contribution in [0.25, 0.3) is 11.0 Å². The van der Waals surface area contributed by atoms with Gasteiger partial charge < -0.3 is 10.2 Å². The maximum Gasteiger partial charge on any atom is 0.329 e. The molecule has 30 heavy (non-hydrogen) atoms. The molecule has 2 amide bonds. The van der Waals surface area contributed by atoms with E-state index in [1.54, 1.807) is 33.7 Å².